The highest BCUT2D eigenvalue weighted by molar-refractivity contribution is 6.20. The summed E-state index contributed by atoms with van der Waals surface area (Å²) in [5.74, 6) is -0.935. The van der Waals surface area contributed by atoms with Gasteiger partial charge in [0.25, 0.3) is 5.91 Å². The van der Waals surface area contributed by atoms with Gasteiger partial charge in [-0.25, -0.2) is 4.39 Å². The maximum atomic E-state index is 13.8. The number of aromatic nitrogens is 2. The predicted octanol–water partition coefficient (Wildman–Crippen LogP) is 3.95. The maximum Gasteiger partial charge on any atom is 0.405 e. The average molecular weight is 463 g/mol. The molecular formula is C22H21F4N5O2. The van der Waals surface area contributed by atoms with E-state index in [2.05, 4.69) is 15.3 Å². The normalized spacial score (nSPS) is 14.8. The molecule has 4 rings (SSSR count). The van der Waals surface area contributed by atoms with Gasteiger partial charge in [0, 0.05) is 59.8 Å². The van der Waals surface area contributed by atoms with Crippen molar-refractivity contribution in [3.8, 4) is 0 Å². The van der Waals surface area contributed by atoms with Crippen LogP contribution in [0.15, 0.2) is 36.7 Å². The summed E-state index contributed by atoms with van der Waals surface area (Å²) in [6.45, 7) is 0.335. The summed E-state index contributed by atoms with van der Waals surface area (Å²) >= 11 is 0. The van der Waals surface area contributed by atoms with Crippen LogP contribution in [0.4, 0.5) is 23.2 Å². The summed E-state index contributed by atoms with van der Waals surface area (Å²) in [5.41, 5.74) is 0.663. The molecule has 1 fully saturated rings. The Balaban J connectivity index is 1.70. The van der Waals surface area contributed by atoms with Crippen LogP contribution >= 0.6 is 0 Å². The van der Waals surface area contributed by atoms with E-state index in [4.69, 9.17) is 10.1 Å². The zero-order chi connectivity index (χ0) is 23.6. The van der Waals surface area contributed by atoms with Crippen molar-refractivity contribution in [2.45, 2.75) is 12.6 Å². The number of anilines is 1. The van der Waals surface area contributed by atoms with Gasteiger partial charge in [-0.05, 0) is 30.7 Å². The second-order valence-corrected chi connectivity index (χ2v) is 7.61. The van der Waals surface area contributed by atoms with Crippen molar-refractivity contribution >= 4 is 28.2 Å². The first-order chi connectivity index (χ1) is 15.7. The van der Waals surface area contributed by atoms with Gasteiger partial charge in [-0.15, -0.1) is 0 Å². The Bertz CT molecular complexity index is 1180. The fourth-order valence-corrected chi connectivity index (χ4v) is 3.67. The molecule has 0 bridgehead atoms. The SMILES string of the molecule is N=C(c1cnc(C(=O)N2CCCOCC2)cc1NCC(F)(F)F)c1c[nH]c2ccc(F)cc12. The highest BCUT2D eigenvalue weighted by Crippen LogP contribution is 2.27. The van der Waals surface area contributed by atoms with Gasteiger partial charge in [0.15, 0.2) is 0 Å². The first-order valence-corrected chi connectivity index (χ1v) is 10.3. The zero-order valence-corrected chi connectivity index (χ0v) is 17.4. The first-order valence-electron chi connectivity index (χ1n) is 10.3. The molecule has 1 amide bonds. The van der Waals surface area contributed by atoms with Gasteiger partial charge in [0.2, 0.25) is 0 Å². The number of carbonyl (C=O) groups is 1. The number of amides is 1. The van der Waals surface area contributed by atoms with Crippen LogP contribution in [-0.2, 0) is 4.74 Å². The molecule has 3 heterocycles. The summed E-state index contributed by atoms with van der Waals surface area (Å²) in [7, 11) is 0. The molecule has 1 saturated heterocycles. The van der Waals surface area contributed by atoms with Crippen molar-refractivity contribution in [1.29, 1.82) is 5.41 Å². The number of nitrogens with one attached hydrogen (secondary N) is 3. The Kier molecular flexibility index (Phi) is 6.32. The number of carbonyl (C=O) groups excluding carboxylic acids is 1. The Hall–Kier alpha value is -3.47. The largest absolute Gasteiger partial charge is 0.405 e. The molecule has 3 N–H and O–H groups in total. The van der Waals surface area contributed by atoms with E-state index in [0.29, 0.717) is 49.2 Å². The molecule has 33 heavy (non-hydrogen) atoms. The van der Waals surface area contributed by atoms with Crippen molar-refractivity contribution in [2.24, 2.45) is 0 Å². The van der Waals surface area contributed by atoms with Crippen molar-refractivity contribution in [3.63, 3.8) is 0 Å². The Labute approximate surface area is 186 Å². The zero-order valence-electron chi connectivity index (χ0n) is 17.4. The lowest BCUT2D eigenvalue weighted by Gasteiger charge is -2.20. The highest BCUT2D eigenvalue weighted by Gasteiger charge is 2.28. The second-order valence-electron chi connectivity index (χ2n) is 7.61. The third-order valence-electron chi connectivity index (χ3n) is 5.29. The van der Waals surface area contributed by atoms with Crippen LogP contribution in [0.1, 0.15) is 28.0 Å². The van der Waals surface area contributed by atoms with Crippen LogP contribution in [0.5, 0.6) is 0 Å². The van der Waals surface area contributed by atoms with Gasteiger partial charge < -0.3 is 19.9 Å². The minimum atomic E-state index is -4.51. The Morgan fingerprint density at radius 1 is 1.21 bits per heavy atom. The maximum absolute atomic E-state index is 13.8. The third kappa shape index (κ3) is 5.14. The fraction of sp³-hybridized carbons (Fsp3) is 0.318. The summed E-state index contributed by atoms with van der Waals surface area (Å²) in [5, 5.41) is 11.3. The van der Waals surface area contributed by atoms with E-state index in [1.54, 1.807) is 0 Å². The van der Waals surface area contributed by atoms with Crippen LogP contribution in [-0.4, -0.2) is 65.5 Å². The number of rotatable bonds is 5. The highest BCUT2D eigenvalue weighted by atomic mass is 19.4. The molecule has 1 aliphatic heterocycles. The van der Waals surface area contributed by atoms with Gasteiger partial charge in [0.05, 0.1) is 12.3 Å². The first kappa shape index (κ1) is 22.7. The lowest BCUT2D eigenvalue weighted by atomic mass is 10.0. The molecule has 0 aliphatic carbocycles. The molecule has 0 spiro atoms. The molecule has 0 atom stereocenters. The monoisotopic (exact) mass is 463 g/mol. The fourth-order valence-electron chi connectivity index (χ4n) is 3.67. The molecule has 3 aromatic rings. The third-order valence-corrected chi connectivity index (χ3v) is 5.29. The van der Waals surface area contributed by atoms with Gasteiger partial charge in [-0.3, -0.25) is 15.2 Å². The van der Waals surface area contributed by atoms with Crippen molar-refractivity contribution in [2.75, 3.05) is 38.2 Å². The molecule has 2 aromatic heterocycles. The van der Waals surface area contributed by atoms with Crippen LogP contribution in [0.3, 0.4) is 0 Å². The van der Waals surface area contributed by atoms with Crippen LogP contribution in [0.2, 0.25) is 0 Å². The molecule has 174 valence electrons. The molecule has 0 radical (unpaired) electrons. The Morgan fingerprint density at radius 2 is 2.03 bits per heavy atom. The van der Waals surface area contributed by atoms with E-state index in [0.717, 1.165) is 0 Å². The van der Waals surface area contributed by atoms with E-state index in [9.17, 15) is 22.4 Å². The number of aromatic amines is 1. The minimum Gasteiger partial charge on any atom is -0.380 e. The van der Waals surface area contributed by atoms with Crippen LogP contribution < -0.4 is 5.32 Å². The molecule has 0 unspecified atom stereocenters. The molecule has 0 saturated carbocycles. The van der Waals surface area contributed by atoms with E-state index < -0.39 is 24.4 Å². The number of halogens is 4. The quantitative estimate of drug-likeness (QED) is 0.395. The Morgan fingerprint density at radius 3 is 2.82 bits per heavy atom. The lowest BCUT2D eigenvalue weighted by Crippen LogP contribution is -2.34. The standard InChI is InChI=1S/C22H21F4N5O2/c23-13-2-3-17-14(8-13)15(10-28-17)20(27)16-11-29-19(9-18(16)30-12-22(24,25)26)21(32)31-4-1-6-33-7-5-31/h2-3,8-11,27-28H,1,4-7,12H2,(H,29,30). The number of nitrogens with zero attached hydrogens (tertiary/aromatic N) is 2. The summed E-state index contributed by atoms with van der Waals surface area (Å²) in [6, 6.07) is 5.23. The predicted molar refractivity (Wildman–Crippen MR) is 114 cm³/mol. The van der Waals surface area contributed by atoms with E-state index in [-0.39, 0.29) is 22.7 Å². The number of pyridine rings is 1. The number of H-pyrrole nitrogens is 1. The van der Waals surface area contributed by atoms with Gasteiger partial charge >= 0.3 is 6.18 Å². The number of benzene rings is 1. The van der Waals surface area contributed by atoms with E-state index in [1.807, 2.05) is 0 Å². The minimum absolute atomic E-state index is 0.0388. The van der Waals surface area contributed by atoms with Gasteiger partial charge in [-0.2, -0.15) is 13.2 Å². The van der Waals surface area contributed by atoms with Crippen molar-refractivity contribution < 1.29 is 27.1 Å². The average Bonchev–Trinajstić information content (AvgIpc) is 3.00. The number of alkyl halides is 3. The number of hydrogen-bond donors (Lipinski definition) is 3. The van der Waals surface area contributed by atoms with Crippen LogP contribution in [0, 0.1) is 11.2 Å². The van der Waals surface area contributed by atoms with Crippen molar-refractivity contribution in [3.05, 3.63) is 59.3 Å². The molecular weight excluding hydrogens is 442 g/mol. The topological polar surface area (TPSA) is 94.1 Å². The van der Waals surface area contributed by atoms with Gasteiger partial charge in [0.1, 0.15) is 18.1 Å². The number of hydrogen-bond acceptors (Lipinski definition) is 5. The number of ether oxygens (including phenoxy) is 1. The molecule has 7 nitrogen and oxygen atoms in total. The second kappa shape index (κ2) is 9.18. The van der Waals surface area contributed by atoms with E-state index >= 15 is 0 Å². The smallest absolute Gasteiger partial charge is 0.380 e. The molecule has 1 aliphatic rings. The van der Waals surface area contributed by atoms with E-state index in [1.165, 1.54) is 41.6 Å². The van der Waals surface area contributed by atoms with Crippen molar-refractivity contribution in [1.82, 2.24) is 14.9 Å². The summed E-state index contributed by atoms with van der Waals surface area (Å²) < 4.78 is 57.9. The lowest BCUT2D eigenvalue weighted by molar-refractivity contribution is -0.115. The number of fused-ring (bicyclic) bond motifs is 1. The summed E-state index contributed by atoms with van der Waals surface area (Å²) in [6.07, 6.45) is -1.19. The molecule has 11 heteroatoms. The molecule has 1 aromatic carbocycles. The van der Waals surface area contributed by atoms with Gasteiger partial charge in [-0.1, -0.05) is 0 Å². The summed E-state index contributed by atoms with van der Waals surface area (Å²) in [4.78, 5) is 21.5. The van der Waals surface area contributed by atoms with Crippen LogP contribution in [0.25, 0.3) is 10.9 Å².